The van der Waals surface area contributed by atoms with Gasteiger partial charge in [-0.3, -0.25) is 18.6 Å². The zero-order chi connectivity index (χ0) is 58.0. The summed E-state index contributed by atoms with van der Waals surface area (Å²) in [5, 5.41) is 0. The molecule has 80 heavy (non-hydrogen) atoms. The van der Waals surface area contributed by atoms with Crippen LogP contribution in [0.2, 0.25) is 0 Å². The average molecular weight is 1150 g/mol. The molecule has 0 aliphatic rings. The van der Waals surface area contributed by atoms with Crippen LogP contribution < -0.4 is 5.73 Å². The van der Waals surface area contributed by atoms with Gasteiger partial charge < -0.3 is 20.1 Å². The molecule has 0 aliphatic carbocycles. The fourth-order valence-corrected chi connectivity index (χ4v) is 12.2. The van der Waals surface area contributed by atoms with Crippen LogP contribution in [0.15, 0.2) is 0 Å². The lowest BCUT2D eigenvalue weighted by molar-refractivity contribution is -0.161. The summed E-state index contributed by atoms with van der Waals surface area (Å²) in [6.07, 6.45) is 79.3. The Morgan fingerprint density at radius 1 is 0.325 bits per heavy atom. The highest BCUT2D eigenvalue weighted by molar-refractivity contribution is 7.47. The summed E-state index contributed by atoms with van der Waals surface area (Å²) in [7, 11) is -4.39. The van der Waals surface area contributed by atoms with Gasteiger partial charge in [0.15, 0.2) is 6.10 Å². The van der Waals surface area contributed by atoms with Crippen LogP contribution in [-0.4, -0.2) is 49.3 Å². The van der Waals surface area contributed by atoms with Crippen LogP contribution in [0, 0.1) is 0 Å². The number of hydrogen-bond donors (Lipinski definition) is 2. The van der Waals surface area contributed by atoms with E-state index in [9.17, 15) is 19.0 Å². The Morgan fingerprint density at radius 2 is 0.537 bits per heavy atom. The Balaban J connectivity index is 3.78. The minimum absolute atomic E-state index is 0.0589. The van der Waals surface area contributed by atoms with Crippen molar-refractivity contribution < 1.29 is 37.6 Å². The minimum Gasteiger partial charge on any atom is -0.462 e. The van der Waals surface area contributed by atoms with Crippen molar-refractivity contribution in [1.29, 1.82) is 0 Å². The molecule has 0 heterocycles. The van der Waals surface area contributed by atoms with E-state index in [1.165, 1.54) is 340 Å². The highest BCUT2D eigenvalue weighted by Crippen LogP contribution is 2.43. The van der Waals surface area contributed by atoms with Gasteiger partial charge in [0.2, 0.25) is 0 Å². The van der Waals surface area contributed by atoms with Crippen molar-refractivity contribution in [3.05, 3.63) is 0 Å². The van der Waals surface area contributed by atoms with Gasteiger partial charge in [-0.25, -0.2) is 4.57 Å². The van der Waals surface area contributed by atoms with Gasteiger partial charge in [-0.1, -0.05) is 380 Å². The van der Waals surface area contributed by atoms with Crippen molar-refractivity contribution in [3.8, 4) is 0 Å². The van der Waals surface area contributed by atoms with Crippen LogP contribution in [0.1, 0.15) is 406 Å². The second-order valence-electron chi connectivity index (χ2n) is 24.8. The smallest absolute Gasteiger partial charge is 0.462 e. The largest absolute Gasteiger partial charge is 0.472 e. The first-order chi connectivity index (χ1) is 39.3. The molecule has 0 radical (unpaired) electrons. The van der Waals surface area contributed by atoms with Crippen molar-refractivity contribution in [1.82, 2.24) is 0 Å². The standard InChI is InChI=1S/C70H140NO8P/c1-3-5-7-9-11-13-15-17-19-21-23-25-27-29-31-33-35-37-39-41-43-45-47-49-51-53-55-57-59-61-63-70(73)79-68(67-78-80(74,75)77-65-64-71)66-76-69(72)62-60-58-56-54-52-50-48-46-44-42-40-38-36-34-32-30-28-26-24-22-20-18-16-14-12-10-8-6-4-2/h68H,3-67,71H2,1-2H3,(H,74,75). The molecule has 10 heteroatoms. The Bertz CT molecular complexity index is 1270. The molecular formula is C70H140NO8P. The van der Waals surface area contributed by atoms with Crippen LogP contribution >= 0.6 is 7.82 Å². The summed E-state index contributed by atoms with van der Waals surface area (Å²) in [6, 6.07) is 0. The minimum atomic E-state index is -4.39. The van der Waals surface area contributed by atoms with Crippen molar-refractivity contribution in [3.63, 3.8) is 0 Å². The second kappa shape index (κ2) is 67.1. The van der Waals surface area contributed by atoms with Crippen LogP contribution in [0.25, 0.3) is 0 Å². The lowest BCUT2D eigenvalue weighted by Gasteiger charge is -2.19. The molecule has 0 aromatic carbocycles. The van der Waals surface area contributed by atoms with E-state index in [4.69, 9.17) is 24.3 Å². The van der Waals surface area contributed by atoms with E-state index < -0.39 is 26.5 Å². The van der Waals surface area contributed by atoms with Crippen molar-refractivity contribution in [2.75, 3.05) is 26.4 Å². The molecule has 0 saturated heterocycles. The molecule has 0 rings (SSSR count). The van der Waals surface area contributed by atoms with Gasteiger partial charge in [0.25, 0.3) is 0 Å². The van der Waals surface area contributed by atoms with Gasteiger partial charge >= 0.3 is 19.8 Å². The zero-order valence-corrected chi connectivity index (χ0v) is 54.8. The number of unbranched alkanes of at least 4 members (excludes halogenated alkanes) is 57. The van der Waals surface area contributed by atoms with Crippen LogP contribution in [0.3, 0.4) is 0 Å². The fraction of sp³-hybridized carbons (Fsp3) is 0.971. The monoisotopic (exact) mass is 1150 g/mol. The molecule has 0 amide bonds. The Kier molecular flexibility index (Phi) is 66.3. The van der Waals surface area contributed by atoms with E-state index in [1.807, 2.05) is 0 Å². The number of nitrogens with two attached hydrogens (primary N) is 1. The maximum atomic E-state index is 12.8. The van der Waals surface area contributed by atoms with Gasteiger partial charge in [0, 0.05) is 19.4 Å². The van der Waals surface area contributed by atoms with E-state index in [1.54, 1.807) is 0 Å². The van der Waals surface area contributed by atoms with Gasteiger partial charge in [-0.05, 0) is 12.8 Å². The van der Waals surface area contributed by atoms with Crippen LogP contribution in [0.4, 0.5) is 0 Å². The first kappa shape index (κ1) is 79.0. The van der Waals surface area contributed by atoms with E-state index in [0.29, 0.717) is 12.8 Å². The van der Waals surface area contributed by atoms with Gasteiger partial charge in [0.05, 0.1) is 13.2 Å². The lowest BCUT2D eigenvalue weighted by Crippen LogP contribution is -2.29. The predicted molar refractivity (Wildman–Crippen MR) is 345 cm³/mol. The SMILES string of the molecule is CCCCCCCCCCCCCCCCCCCCCCCCCCCCCCCCC(=O)OC(COC(=O)CCCCCCCCCCCCCCCCCCCCCCCCCCCCCCC)COP(=O)(O)OCCN. The van der Waals surface area contributed by atoms with E-state index >= 15 is 0 Å². The summed E-state index contributed by atoms with van der Waals surface area (Å²) < 4.78 is 33.2. The molecule has 0 spiro atoms. The first-order valence-corrected chi connectivity index (χ1v) is 37.5. The molecule has 478 valence electrons. The molecule has 0 aromatic rings. The summed E-state index contributed by atoms with van der Waals surface area (Å²) in [5.41, 5.74) is 5.41. The number of phosphoric ester groups is 1. The van der Waals surface area contributed by atoms with Gasteiger partial charge in [-0.15, -0.1) is 0 Å². The van der Waals surface area contributed by atoms with Crippen LogP contribution in [-0.2, 0) is 32.7 Å². The van der Waals surface area contributed by atoms with Crippen LogP contribution in [0.5, 0.6) is 0 Å². The lowest BCUT2D eigenvalue weighted by atomic mass is 10.0. The van der Waals surface area contributed by atoms with E-state index in [2.05, 4.69) is 13.8 Å². The molecular weight excluding hydrogens is 1010 g/mol. The third-order valence-electron chi connectivity index (χ3n) is 16.7. The Hall–Kier alpha value is -0.990. The third-order valence-corrected chi connectivity index (χ3v) is 17.7. The summed E-state index contributed by atoms with van der Waals surface area (Å²) in [5.74, 6) is -0.796. The predicted octanol–water partition coefficient (Wildman–Crippen LogP) is 23.4. The number of esters is 2. The van der Waals surface area contributed by atoms with Gasteiger partial charge in [0.1, 0.15) is 6.61 Å². The number of hydrogen-bond acceptors (Lipinski definition) is 8. The maximum Gasteiger partial charge on any atom is 0.472 e. The number of rotatable bonds is 70. The summed E-state index contributed by atoms with van der Waals surface area (Å²) in [4.78, 5) is 35.4. The van der Waals surface area contributed by atoms with Gasteiger partial charge in [-0.2, -0.15) is 0 Å². The molecule has 0 saturated carbocycles. The van der Waals surface area contributed by atoms with E-state index in [0.717, 1.165) is 32.1 Å². The molecule has 0 bridgehead atoms. The molecule has 0 aliphatic heterocycles. The van der Waals surface area contributed by atoms with Crippen molar-refractivity contribution in [2.24, 2.45) is 5.73 Å². The molecule has 9 nitrogen and oxygen atoms in total. The van der Waals surface area contributed by atoms with Crippen molar-refractivity contribution in [2.45, 2.75) is 412 Å². The maximum absolute atomic E-state index is 12.8. The summed E-state index contributed by atoms with van der Waals surface area (Å²) in [6.45, 7) is 3.85. The zero-order valence-electron chi connectivity index (χ0n) is 53.9. The normalized spacial score (nSPS) is 12.8. The van der Waals surface area contributed by atoms with E-state index in [-0.39, 0.29) is 32.1 Å². The number of carbonyl (C=O) groups is 2. The molecule has 0 fully saturated rings. The summed E-state index contributed by atoms with van der Waals surface area (Å²) >= 11 is 0. The molecule has 2 unspecified atom stereocenters. The molecule has 3 N–H and O–H groups in total. The fourth-order valence-electron chi connectivity index (χ4n) is 11.4. The molecule has 2 atom stereocenters. The quantitative estimate of drug-likeness (QED) is 0.0347. The second-order valence-corrected chi connectivity index (χ2v) is 26.3. The Morgan fingerprint density at radius 3 is 0.762 bits per heavy atom. The number of carbonyl (C=O) groups excluding carboxylic acids is 2. The van der Waals surface area contributed by atoms with Crippen molar-refractivity contribution >= 4 is 19.8 Å². The topological polar surface area (TPSA) is 134 Å². The average Bonchev–Trinajstić information content (AvgIpc) is 3.45. The Labute approximate surface area is 498 Å². The number of ether oxygens (including phenoxy) is 2. The third kappa shape index (κ3) is 66.2. The molecule has 0 aromatic heterocycles. The number of phosphoric acid groups is 1. The first-order valence-electron chi connectivity index (χ1n) is 36.0. The highest BCUT2D eigenvalue weighted by atomic mass is 31.2. The highest BCUT2D eigenvalue weighted by Gasteiger charge is 2.26.